The Morgan fingerprint density at radius 1 is 0.492 bits per heavy atom. The van der Waals surface area contributed by atoms with Gasteiger partial charge in [-0.3, -0.25) is 13.8 Å². The number of esters is 1. The van der Waals surface area contributed by atoms with E-state index in [-0.39, 0.29) is 25.6 Å². The normalized spacial score (nSPS) is 13.9. The van der Waals surface area contributed by atoms with Gasteiger partial charge in [-0.15, -0.1) is 0 Å². The fourth-order valence-electron chi connectivity index (χ4n) is 7.71. The Hall–Kier alpha value is -0.800. The van der Waals surface area contributed by atoms with Crippen molar-refractivity contribution in [1.82, 2.24) is 0 Å². The second-order valence-electron chi connectivity index (χ2n) is 17.9. The fraction of sp³-hybridized carbons (Fsp3) is 0.941. The predicted molar refractivity (Wildman–Crippen MR) is 256 cm³/mol. The van der Waals surface area contributed by atoms with Gasteiger partial charge in [-0.05, 0) is 38.5 Å². The molecule has 3 atom stereocenters. The minimum Gasteiger partial charge on any atom is -0.457 e. The topological polar surface area (TPSA) is 132 Å². The molecule has 3 unspecified atom stereocenters. The third-order valence-corrected chi connectivity index (χ3v) is 12.7. The summed E-state index contributed by atoms with van der Waals surface area (Å²) >= 11 is 0. The molecule has 9 nitrogen and oxygen atoms in total. The van der Waals surface area contributed by atoms with Crippen LogP contribution in [-0.4, -0.2) is 66.3 Å². The maximum atomic E-state index is 12.7. The van der Waals surface area contributed by atoms with Crippen LogP contribution in [0.15, 0.2) is 12.2 Å². The number of hydrogen-bond donors (Lipinski definition) is 3. The van der Waals surface area contributed by atoms with Crippen molar-refractivity contribution in [3.05, 3.63) is 12.2 Å². The fourth-order valence-corrected chi connectivity index (χ4v) is 8.50. The molecule has 0 aliphatic carbocycles. The Bertz CT molecular complexity index is 964. The van der Waals surface area contributed by atoms with Gasteiger partial charge in [0.15, 0.2) is 0 Å². The second-order valence-corrected chi connectivity index (χ2v) is 19.4. The van der Waals surface area contributed by atoms with E-state index in [0.717, 1.165) is 38.5 Å². The van der Waals surface area contributed by atoms with Crippen molar-refractivity contribution in [2.24, 2.45) is 0 Å². The third kappa shape index (κ3) is 48.5. The highest BCUT2D eigenvalue weighted by molar-refractivity contribution is 7.47. The zero-order valence-electron chi connectivity index (χ0n) is 40.2. The summed E-state index contributed by atoms with van der Waals surface area (Å²) in [7, 11) is -4.52. The van der Waals surface area contributed by atoms with Crippen molar-refractivity contribution in [2.75, 3.05) is 33.0 Å². The van der Waals surface area contributed by atoms with Gasteiger partial charge < -0.3 is 24.6 Å². The first kappa shape index (κ1) is 60.2. The summed E-state index contributed by atoms with van der Waals surface area (Å²) in [6.45, 7) is 3.58. The standard InChI is InChI=1S/C51H101O9P/c1-3-5-7-9-11-13-15-17-19-21-23-24-25-26-28-30-32-34-36-38-40-42-44-57-47-50(48-59-61(55,56)58-46-49(53)45-52)60-51(54)43-41-39-37-35-33-31-29-27-22-20-18-16-14-12-10-8-6-4-2/h20,22,49-50,52-53H,3-19,21,23-48H2,1-2H3,(H,55,56)/b22-20-. The van der Waals surface area contributed by atoms with Crippen molar-refractivity contribution in [3.63, 3.8) is 0 Å². The molecule has 364 valence electrons. The van der Waals surface area contributed by atoms with Gasteiger partial charge in [0.25, 0.3) is 0 Å². The van der Waals surface area contributed by atoms with Gasteiger partial charge in [-0.25, -0.2) is 4.57 Å². The van der Waals surface area contributed by atoms with Crippen LogP contribution in [0.3, 0.4) is 0 Å². The van der Waals surface area contributed by atoms with Crippen LogP contribution in [0.25, 0.3) is 0 Å². The summed E-state index contributed by atoms with van der Waals surface area (Å²) in [4.78, 5) is 22.7. The lowest BCUT2D eigenvalue weighted by molar-refractivity contribution is -0.154. The van der Waals surface area contributed by atoms with Crippen molar-refractivity contribution >= 4 is 13.8 Å². The molecule has 0 aliphatic heterocycles. The Kier molecular flexibility index (Phi) is 48.0. The molecule has 61 heavy (non-hydrogen) atoms. The number of allylic oxidation sites excluding steroid dienone is 2. The Labute approximate surface area is 377 Å². The summed E-state index contributed by atoms with van der Waals surface area (Å²) in [6, 6.07) is 0. The highest BCUT2D eigenvalue weighted by Gasteiger charge is 2.26. The lowest BCUT2D eigenvalue weighted by Gasteiger charge is -2.20. The van der Waals surface area contributed by atoms with Gasteiger partial charge in [0, 0.05) is 13.0 Å². The van der Waals surface area contributed by atoms with Crippen molar-refractivity contribution in [3.8, 4) is 0 Å². The largest absolute Gasteiger partial charge is 0.472 e. The van der Waals surface area contributed by atoms with E-state index in [1.807, 2.05) is 0 Å². The Morgan fingerprint density at radius 2 is 0.836 bits per heavy atom. The molecule has 0 aromatic carbocycles. The van der Waals surface area contributed by atoms with Gasteiger partial charge in [0.2, 0.25) is 0 Å². The number of ether oxygens (including phenoxy) is 2. The first-order valence-corrected chi connectivity index (χ1v) is 27.7. The van der Waals surface area contributed by atoms with Gasteiger partial charge in [-0.2, -0.15) is 0 Å². The van der Waals surface area contributed by atoms with Crippen LogP contribution in [0, 0.1) is 0 Å². The zero-order valence-corrected chi connectivity index (χ0v) is 41.1. The molecule has 0 heterocycles. The third-order valence-electron chi connectivity index (χ3n) is 11.7. The molecule has 0 aromatic heterocycles. The van der Waals surface area contributed by atoms with Gasteiger partial charge in [0.05, 0.1) is 26.4 Å². The second kappa shape index (κ2) is 48.7. The van der Waals surface area contributed by atoms with Crippen LogP contribution >= 0.6 is 7.82 Å². The minimum absolute atomic E-state index is 0.0541. The minimum atomic E-state index is -4.52. The van der Waals surface area contributed by atoms with Crippen LogP contribution in [0.2, 0.25) is 0 Å². The summed E-state index contributed by atoms with van der Waals surface area (Å²) < 4.78 is 33.5. The number of unbranched alkanes of at least 4 members (excludes halogenated alkanes) is 35. The molecule has 0 bridgehead atoms. The number of carbonyl (C=O) groups excluding carboxylic acids is 1. The molecule has 0 rings (SSSR count). The lowest BCUT2D eigenvalue weighted by atomic mass is 10.0. The Balaban J connectivity index is 4.02. The summed E-state index contributed by atoms with van der Waals surface area (Å²) in [6.07, 6.45) is 51.8. The first-order chi connectivity index (χ1) is 29.8. The molecule has 0 aromatic rings. The molecule has 0 saturated carbocycles. The number of rotatable bonds is 51. The van der Waals surface area contributed by atoms with Crippen molar-refractivity contribution < 1.29 is 43.0 Å². The van der Waals surface area contributed by atoms with Crippen LogP contribution in [0.1, 0.15) is 264 Å². The molecule has 0 spiro atoms. The van der Waals surface area contributed by atoms with Gasteiger partial charge in [-0.1, -0.05) is 231 Å². The molecule has 0 fully saturated rings. The van der Waals surface area contributed by atoms with Crippen LogP contribution in [0.5, 0.6) is 0 Å². The predicted octanol–water partition coefficient (Wildman–Crippen LogP) is 15.2. The van der Waals surface area contributed by atoms with Crippen molar-refractivity contribution in [1.29, 1.82) is 0 Å². The average Bonchev–Trinajstić information content (AvgIpc) is 3.25. The van der Waals surface area contributed by atoms with E-state index in [2.05, 4.69) is 26.0 Å². The summed E-state index contributed by atoms with van der Waals surface area (Å²) in [5.41, 5.74) is 0. The van der Waals surface area contributed by atoms with E-state index in [1.54, 1.807) is 0 Å². The van der Waals surface area contributed by atoms with E-state index in [9.17, 15) is 19.4 Å². The molecule has 10 heteroatoms. The highest BCUT2D eigenvalue weighted by atomic mass is 31.2. The maximum absolute atomic E-state index is 12.7. The lowest BCUT2D eigenvalue weighted by Crippen LogP contribution is -2.29. The number of aliphatic hydroxyl groups is 2. The number of hydrogen-bond acceptors (Lipinski definition) is 8. The monoisotopic (exact) mass is 889 g/mol. The molecule has 0 radical (unpaired) electrons. The summed E-state index contributed by atoms with van der Waals surface area (Å²) in [5, 5.41) is 18.4. The van der Waals surface area contributed by atoms with E-state index < -0.39 is 33.2 Å². The van der Waals surface area contributed by atoms with E-state index in [0.29, 0.717) is 6.61 Å². The number of aliphatic hydroxyl groups excluding tert-OH is 2. The van der Waals surface area contributed by atoms with Crippen LogP contribution < -0.4 is 0 Å². The molecule has 0 aliphatic rings. The summed E-state index contributed by atoms with van der Waals surface area (Å²) in [5.74, 6) is -0.380. The molecule has 0 saturated heterocycles. The number of phosphoric acid groups is 1. The maximum Gasteiger partial charge on any atom is 0.472 e. The molecule has 3 N–H and O–H groups in total. The molecule has 0 amide bonds. The van der Waals surface area contributed by atoms with E-state index in [1.165, 1.54) is 205 Å². The van der Waals surface area contributed by atoms with E-state index >= 15 is 0 Å². The first-order valence-electron chi connectivity index (χ1n) is 26.2. The quantitative estimate of drug-likeness (QED) is 0.0236. The number of carbonyl (C=O) groups is 1. The Morgan fingerprint density at radius 3 is 1.23 bits per heavy atom. The molecular weight excluding hydrogens is 788 g/mol. The number of phosphoric ester groups is 1. The van der Waals surface area contributed by atoms with E-state index in [4.69, 9.17) is 23.6 Å². The highest BCUT2D eigenvalue weighted by Crippen LogP contribution is 2.43. The smallest absolute Gasteiger partial charge is 0.457 e. The van der Waals surface area contributed by atoms with Gasteiger partial charge in [0.1, 0.15) is 12.2 Å². The zero-order chi connectivity index (χ0) is 44.6. The average molecular weight is 889 g/mol. The van der Waals surface area contributed by atoms with Crippen LogP contribution in [-0.2, 0) is 27.9 Å². The SMILES string of the molecule is CCCCCCCCC/C=C\CCCCCCCCCC(=O)OC(COCCCCCCCCCCCCCCCCCCCCCCCC)COP(=O)(O)OCC(O)CO. The van der Waals surface area contributed by atoms with Gasteiger partial charge >= 0.3 is 13.8 Å². The van der Waals surface area contributed by atoms with Crippen LogP contribution in [0.4, 0.5) is 0 Å². The molecular formula is C51H101O9P. The van der Waals surface area contributed by atoms with Crippen molar-refractivity contribution in [2.45, 2.75) is 276 Å².